The molecule has 3 aliphatic rings. The number of carbonyl (C=O) groups excluding carboxylic acids is 3. The quantitative estimate of drug-likeness (QED) is 0.838. The molecule has 0 saturated carbocycles. The predicted octanol–water partition coefficient (Wildman–Crippen LogP) is 1.97. The fourth-order valence-corrected chi connectivity index (χ4v) is 4.67. The molecule has 2 heterocycles. The zero-order chi connectivity index (χ0) is 20.1. The Hall–Kier alpha value is -3.35. The first kappa shape index (κ1) is 17.7. The average Bonchev–Trinajstić information content (AvgIpc) is 3.30. The average molecular weight is 391 g/mol. The standard InChI is InChI=1S/C22H21N3O4/c1-12-20(26)24-19-10-18(21(27)25(12)19)23-22(28)29-11-17-15-8-4-2-6-13(15)14-7-3-5-9-16(14)17/h2-9,12,17-19H,10-11H2,1H3,(H,23,28)(H,24,26). The van der Waals surface area contributed by atoms with Crippen molar-refractivity contribution in [2.45, 2.75) is 37.5 Å². The maximum atomic E-state index is 12.5. The van der Waals surface area contributed by atoms with Gasteiger partial charge in [-0.05, 0) is 29.2 Å². The number of nitrogens with one attached hydrogen (secondary N) is 2. The van der Waals surface area contributed by atoms with Crippen molar-refractivity contribution in [1.29, 1.82) is 0 Å². The molecule has 2 aromatic carbocycles. The van der Waals surface area contributed by atoms with Crippen molar-refractivity contribution in [3.63, 3.8) is 0 Å². The summed E-state index contributed by atoms with van der Waals surface area (Å²) in [7, 11) is 0. The Kier molecular flexibility index (Phi) is 4.04. The molecule has 2 aliphatic heterocycles. The molecule has 2 fully saturated rings. The van der Waals surface area contributed by atoms with Gasteiger partial charge in [-0.3, -0.25) is 9.59 Å². The predicted molar refractivity (Wildman–Crippen MR) is 105 cm³/mol. The minimum absolute atomic E-state index is 0.0325. The van der Waals surface area contributed by atoms with Gasteiger partial charge in [-0.2, -0.15) is 0 Å². The molecule has 0 bridgehead atoms. The van der Waals surface area contributed by atoms with Crippen LogP contribution in [0.1, 0.15) is 30.4 Å². The molecule has 0 spiro atoms. The lowest BCUT2D eigenvalue weighted by atomic mass is 9.98. The van der Waals surface area contributed by atoms with Crippen molar-refractivity contribution >= 4 is 17.9 Å². The van der Waals surface area contributed by atoms with Crippen molar-refractivity contribution in [2.24, 2.45) is 0 Å². The van der Waals surface area contributed by atoms with E-state index < -0.39 is 18.2 Å². The van der Waals surface area contributed by atoms with Crippen LogP contribution in [0.15, 0.2) is 48.5 Å². The van der Waals surface area contributed by atoms with Gasteiger partial charge in [-0.25, -0.2) is 4.79 Å². The lowest BCUT2D eigenvalue weighted by Gasteiger charge is -2.18. The number of fused-ring (bicyclic) bond motifs is 4. The van der Waals surface area contributed by atoms with Crippen LogP contribution in [-0.4, -0.2) is 47.7 Å². The third-order valence-electron chi connectivity index (χ3n) is 6.09. The van der Waals surface area contributed by atoms with Gasteiger partial charge in [-0.1, -0.05) is 48.5 Å². The maximum absolute atomic E-state index is 12.5. The first-order chi connectivity index (χ1) is 14.0. The highest BCUT2D eigenvalue weighted by Crippen LogP contribution is 2.44. The molecule has 2 saturated heterocycles. The fourth-order valence-electron chi connectivity index (χ4n) is 4.67. The molecule has 2 aromatic rings. The third kappa shape index (κ3) is 2.76. The summed E-state index contributed by atoms with van der Waals surface area (Å²) in [5, 5.41) is 5.43. The van der Waals surface area contributed by atoms with Crippen molar-refractivity contribution < 1.29 is 19.1 Å². The van der Waals surface area contributed by atoms with E-state index in [4.69, 9.17) is 4.74 Å². The van der Waals surface area contributed by atoms with Crippen molar-refractivity contribution in [3.05, 3.63) is 59.7 Å². The lowest BCUT2D eigenvalue weighted by Crippen LogP contribution is -2.44. The van der Waals surface area contributed by atoms with Crippen molar-refractivity contribution in [2.75, 3.05) is 6.61 Å². The Labute approximate surface area is 168 Å². The summed E-state index contributed by atoms with van der Waals surface area (Å²) >= 11 is 0. The summed E-state index contributed by atoms with van der Waals surface area (Å²) in [5.74, 6) is -0.452. The summed E-state index contributed by atoms with van der Waals surface area (Å²) in [6, 6.07) is 15.0. The van der Waals surface area contributed by atoms with E-state index >= 15 is 0 Å². The highest BCUT2D eigenvalue weighted by atomic mass is 16.5. The zero-order valence-corrected chi connectivity index (χ0v) is 15.9. The highest BCUT2D eigenvalue weighted by molar-refractivity contribution is 5.96. The van der Waals surface area contributed by atoms with E-state index in [1.807, 2.05) is 24.3 Å². The van der Waals surface area contributed by atoms with Gasteiger partial charge in [0.05, 0.1) is 0 Å². The van der Waals surface area contributed by atoms with E-state index in [0.29, 0.717) is 6.42 Å². The van der Waals surface area contributed by atoms with Gasteiger partial charge >= 0.3 is 6.09 Å². The molecule has 3 unspecified atom stereocenters. The van der Waals surface area contributed by atoms with Crippen molar-refractivity contribution in [3.8, 4) is 11.1 Å². The van der Waals surface area contributed by atoms with Gasteiger partial charge in [0.1, 0.15) is 24.9 Å². The third-order valence-corrected chi connectivity index (χ3v) is 6.09. The fraction of sp³-hybridized carbons (Fsp3) is 0.318. The Morgan fingerprint density at radius 2 is 1.72 bits per heavy atom. The van der Waals surface area contributed by atoms with Gasteiger partial charge in [0.2, 0.25) is 11.8 Å². The molecule has 3 atom stereocenters. The minimum atomic E-state index is -0.682. The van der Waals surface area contributed by atoms with Crippen LogP contribution < -0.4 is 10.6 Å². The summed E-state index contributed by atoms with van der Waals surface area (Å²) in [6.45, 7) is 1.88. The number of carbonyl (C=O) groups is 3. The van der Waals surface area contributed by atoms with Crippen LogP contribution in [0.3, 0.4) is 0 Å². The molecule has 2 N–H and O–H groups in total. The van der Waals surface area contributed by atoms with Gasteiger partial charge in [0.25, 0.3) is 0 Å². The van der Waals surface area contributed by atoms with Gasteiger partial charge in [0.15, 0.2) is 0 Å². The highest BCUT2D eigenvalue weighted by Gasteiger charge is 2.49. The zero-order valence-electron chi connectivity index (χ0n) is 15.9. The molecule has 29 heavy (non-hydrogen) atoms. The molecule has 0 radical (unpaired) electrons. The SMILES string of the molecule is CC1C(=O)NC2CC(NC(=O)OCC3c4ccccc4-c4ccccc43)C(=O)N21. The smallest absolute Gasteiger partial charge is 0.407 e. The Morgan fingerprint density at radius 1 is 1.10 bits per heavy atom. The number of benzene rings is 2. The maximum Gasteiger partial charge on any atom is 0.407 e. The molecule has 5 rings (SSSR count). The van der Waals surface area contributed by atoms with Crippen LogP contribution in [0, 0.1) is 0 Å². The molecule has 7 heteroatoms. The van der Waals surface area contributed by atoms with E-state index in [9.17, 15) is 14.4 Å². The minimum Gasteiger partial charge on any atom is -0.449 e. The summed E-state index contributed by atoms with van der Waals surface area (Å²) < 4.78 is 5.51. The number of hydrogen-bond acceptors (Lipinski definition) is 4. The Balaban J connectivity index is 1.25. The number of alkyl carbamates (subject to hydrolysis) is 1. The monoisotopic (exact) mass is 391 g/mol. The second-order valence-corrected chi connectivity index (χ2v) is 7.70. The van der Waals surface area contributed by atoms with Gasteiger partial charge in [-0.15, -0.1) is 0 Å². The van der Waals surface area contributed by atoms with Crippen LogP contribution >= 0.6 is 0 Å². The molecule has 148 valence electrons. The number of hydrogen-bond donors (Lipinski definition) is 2. The molecular weight excluding hydrogens is 370 g/mol. The summed E-state index contributed by atoms with van der Waals surface area (Å²) in [6.07, 6.45) is -0.631. The molecule has 3 amide bonds. The number of rotatable bonds is 3. The van der Waals surface area contributed by atoms with E-state index in [-0.39, 0.29) is 30.5 Å². The topological polar surface area (TPSA) is 87.7 Å². The Morgan fingerprint density at radius 3 is 2.34 bits per heavy atom. The summed E-state index contributed by atoms with van der Waals surface area (Å²) in [5.41, 5.74) is 4.59. The second kappa shape index (κ2) is 6.62. The number of ether oxygens (including phenoxy) is 1. The van der Waals surface area contributed by atoms with E-state index in [0.717, 1.165) is 22.3 Å². The van der Waals surface area contributed by atoms with Crippen LogP contribution in [0.2, 0.25) is 0 Å². The van der Waals surface area contributed by atoms with E-state index in [2.05, 4.69) is 34.9 Å². The van der Waals surface area contributed by atoms with E-state index in [1.165, 1.54) is 4.90 Å². The largest absolute Gasteiger partial charge is 0.449 e. The van der Waals surface area contributed by atoms with Crippen LogP contribution in [0.4, 0.5) is 4.79 Å². The number of nitrogens with zero attached hydrogens (tertiary/aromatic N) is 1. The Bertz CT molecular complexity index is 975. The first-order valence-electron chi connectivity index (χ1n) is 9.78. The van der Waals surface area contributed by atoms with Crippen LogP contribution in [0.5, 0.6) is 0 Å². The van der Waals surface area contributed by atoms with Crippen molar-refractivity contribution in [1.82, 2.24) is 15.5 Å². The van der Waals surface area contributed by atoms with Gasteiger partial charge in [0, 0.05) is 12.3 Å². The first-order valence-corrected chi connectivity index (χ1v) is 9.78. The van der Waals surface area contributed by atoms with E-state index in [1.54, 1.807) is 6.92 Å². The second-order valence-electron chi connectivity index (χ2n) is 7.70. The molecule has 7 nitrogen and oxygen atoms in total. The normalized spacial score (nSPS) is 24.7. The van der Waals surface area contributed by atoms with Crippen LogP contribution in [-0.2, 0) is 14.3 Å². The van der Waals surface area contributed by atoms with Gasteiger partial charge < -0.3 is 20.3 Å². The number of amides is 3. The molecule has 1 aliphatic carbocycles. The molecule has 0 aromatic heterocycles. The lowest BCUT2D eigenvalue weighted by molar-refractivity contribution is -0.133. The van der Waals surface area contributed by atoms with Crippen LogP contribution in [0.25, 0.3) is 11.1 Å². The molecular formula is C22H21N3O4. The summed E-state index contributed by atoms with van der Waals surface area (Å²) in [4.78, 5) is 38.1.